The number of likely N-dealkylation sites (N-methyl/N-ethyl adjacent to an activating group) is 1. The molecule has 0 saturated carbocycles. The SMILES string of the molecule is CCN1C(=O)C(=O)N(Cc2ccccc2OC(F)F)C1=O. The number of imide groups is 2. The second kappa shape index (κ2) is 5.86. The highest BCUT2D eigenvalue weighted by Gasteiger charge is 2.43. The zero-order chi connectivity index (χ0) is 15.6. The first-order chi connectivity index (χ1) is 9.95. The van der Waals surface area contributed by atoms with Crippen molar-refractivity contribution in [1.82, 2.24) is 9.80 Å². The number of ether oxygens (including phenoxy) is 1. The van der Waals surface area contributed by atoms with Crippen LogP contribution < -0.4 is 4.74 Å². The Morgan fingerprint density at radius 1 is 1.10 bits per heavy atom. The number of benzene rings is 1. The Kier molecular flexibility index (Phi) is 4.15. The van der Waals surface area contributed by atoms with Crippen LogP contribution in [0.25, 0.3) is 0 Å². The molecule has 112 valence electrons. The third-order valence-corrected chi connectivity index (χ3v) is 2.97. The number of para-hydroxylation sites is 1. The standard InChI is InChI=1S/C13H12F2N2O4/c1-2-16-10(18)11(19)17(13(16)20)7-8-5-3-4-6-9(8)21-12(14)15/h3-6,12H,2,7H2,1H3. The molecule has 0 spiro atoms. The lowest BCUT2D eigenvalue weighted by atomic mass is 10.2. The van der Waals surface area contributed by atoms with Gasteiger partial charge in [-0.2, -0.15) is 8.78 Å². The lowest BCUT2D eigenvalue weighted by Crippen LogP contribution is -2.33. The normalized spacial score (nSPS) is 15.3. The number of rotatable bonds is 5. The van der Waals surface area contributed by atoms with E-state index in [0.717, 1.165) is 4.90 Å². The molecule has 2 rings (SSSR count). The highest BCUT2D eigenvalue weighted by atomic mass is 19.3. The van der Waals surface area contributed by atoms with Crippen molar-refractivity contribution in [3.05, 3.63) is 29.8 Å². The van der Waals surface area contributed by atoms with Crippen LogP contribution >= 0.6 is 0 Å². The van der Waals surface area contributed by atoms with Crippen molar-refractivity contribution in [2.75, 3.05) is 6.54 Å². The van der Waals surface area contributed by atoms with Crippen LogP contribution in [0, 0.1) is 0 Å². The number of nitrogens with zero attached hydrogens (tertiary/aromatic N) is 2. The summed E-state index contributed by atoms with van der Waals surface area (Å²) in [6.45, 7) is -1.71. The minimum atomic E-state index is -3.02. The van der Waals surface area contributed by atoms with Crippen molar-refractivity contribution in [2.24, 2.45) is 0 Å². The number of urea groups is 1. The topological polar surface area (TPSA) is 66.9 Å². The number of alkyl halides is 2. The summed E-state index contributed by atoms with van der Waals surface area (Å²) >= 11 is 0. The molecule has 1 heterocycles. The molecule has 1 aromatic carbocycles. The van der Waals surface area contributed by atoms with Gasteiger partial charge in [0, 0.05) is 12.1 Å². The first kappa shape index (κ1) is 14.9. The van der Waals surface area contributed by atoms with E-state index in [2.05, 4.69) is 4.74 Å². The van der Waals surface area contributed by atoms with E-state index in [1.54, 1.807) is 13.0 Å². The van der Waals surface area contributed by atoms with Gasteiger partial charge in [-0.3, -0.25) is 19.4 Å². The zero-order valence-corrected chi connectivity index (χ0v) is 11.1. The van der Waals surface area contributed by atoms with Crippen LogP contribution in [0.2, 0.25) is 0 Å². The Labute approximate surface area is 118 Å². The Balaban J connectivity index is 2.24. The molecule has 0 N–H and O–H groups in total. The lowest BCUT2D eigenvalue weighted by Gasteiger charge is -2.16. The van der Waals surface area contributed by atoms with E-state index in [9.17, 15) is 23.2 Å². The van der Waals surface area contributed by atoms with Gasteiger partial charge in [-0.1, -0.05) is 18.2 Å². The maximum Gasteiger partial charge on any atom is 0.387 e. The predicted molar refractivity (Wildman–Crippen MR) is 66.4 cm³/mol. The number of halogens is 2. The zero-order valence-electron chi connectivity index (χ0n) is 11.1. The third kappa shape index (κ3) is 2.83. The summed E-state index contributed by atoms with van der Waals surface area (Å²) in [4.78, 5) is 36.7. The van der Waals surface area contributed by atoms with Gasteiger partial charge in [-0.05, 0) is 13.0 Å². The summed E-state index contributed by atoms with van der Waals surface area (Å²) in [5.74, 6) is -2.04. The first-order valence-corrected chi connectivity index (χ1v) is 6.15. The molecule has 4 amide bonds. The molecule has 1 saturated heterocycles. The highest BCUT2D eigenvalue weighted by Crippen LogP contribution is 2.24. The largest absolute Gasteiger partial charge is 0.434 e. The average Bonchev–Trinajstić information content (AvgIpc) is 2.64. The molecular weight excluding hydrogens is 286 g/mol. The maximum atomic E-state index is 12.3. The molecule has 0 aromatic heterocycles. The second-order valence-electron chi connectivity index (χ2n) is 4.21. The highest BCUT2D eigenvalue weighted by molar-refractivity contribution is 6.44. The fourth-order valence-electron chi connectivity index (χ4n) is 1.98. The van der Waals surface area contributed by atoms with Gasteiger partial charge >= 0.3 is 24.5 Å². The van der Waals surface area contributed by atoms with Crippen molar-refractivity contribution >= 4 is 17.8 Å². The smallest absolute Gasteiger partial charge is 0.387 e. The van der Waals surface area contributed by atoms with Gasteiger partial charge in [-0.25, -0.2) is 4.79 Å². The Morgan fingerprint density at radius 2 is 1.71 bits per heavy atom. The van der Waals surface area contributed by atoms with Crippen LogP contribution in [0.4, 0.5) is 13.6 Å². The second-order valence-corrected chi connectivity index (χ2v) is 4.21. The molecule has 6 nitrogen and oxygen atoms in total. The Bertz CT molecular complexity index is 591. The van der Waals surface area contributed by atoms with Crippen LogP contribution in [0.1, 0.15) is 12.5 Å². The Morgan fingerprint density at radius 3 is 2.29 bits per heavy atom. The fraction of sp³-hybridized carbons (Fsp3) is 0.308. The molecule has 0 atom stereocenters. The van der Waals surface area contributed by atoms with Crippen molar-refractivity contribution in [3.63, 3.8) is 0 Å². The van der Waals surface area contributed by atoms with Crippen molar-refractivity contribution in [3.8, 4) is 5.75 Å². The van der Waals surface area contributed by atoms with E-state index in [0.29, 0.717) is 4.90 Å². The summed E-state index contributed by atoms with van der Waals surface area (Å²) in [6, 6.07) is 5.01. The minimum absolute atomic E-state index is 0.0646. The summed E-state index contributed by atoms with van der Waals surface area (Å²) in [5.41, 5.74) is 0.213. The van der Waals surface area contributed by atoms with E-state index in [1.165, 1.54) is 18.2 Å². The summed E-state index contributed by atoms with van der Waals surface area (Å²) in [7, 11) is 0. The first-order valence-electron chi connectivity index (χ1n) is 6.15. The molecule has 21 heavy (non-hydrogen) atoms. The summed E-state index contributed by atoms with van der Waals surface area (Å²) in [5, 5.41) is 0. The maximum absolute atomic E-state index is 12.3. The summed E-state index contributed by atoms with van der Waals surface area (Å²) < 4.78 is 29.0. The van der Waals surface area contributed by atoms with Crippen molar-refractivity contribution in [1.29, 1.82) is 0 Å². The van der Waals surface area contributed by atoms with Gasteiger partial charge < -0.3 is 4.74 Å². The minimum Gasteiger partial charge on any atom is -0.434 e. The van der Waals surface area contributed by atoms with Gasteiger partial charge in [0.25, 0.3) is 0 Å². The number of carbonyl (C=O) groups is 3. The lowest BCUT2D eigenvalue weighted by molar-refractivity contribution is -0.143. The predicted octanol–water partition coefficient (Wildman–Crippen LogP) is 1.60. The van der Waals surface area contributed by atoms with E-state index >= 15 is 0 Å². The summed E-state index contributed by atoms with van der Waals surface area (Å²) in [6.07, 6.45) is 0. The van der Waals surface area contributed by atoms with Gasteiger partial charge in [0.05, 0.1) is 6.54 Å². The van der Waals surface area contributed by atoms with Gasteiger partial charge in [0.15, 0.2) is 0 Å². The van der Waals surface area contributed by atoms with E-state index in [-0.39, 0.29) is 24.4 Å². The quantitative estimate of drug-likeness (QED) is 0.611. The third-order valence-electron chi connectivity index (χ3n) is 2.97. The van der Waals surface area contributed by atoms with E-state index < -0.39 is 24.5 Å². The van der Waals surface area contributed by atoms with E-state index in [1.807, 2.05) is 0 Å². The van der Waals surface area contributed by atoms with Crippen molar-refractivity contribution in [2.45, 2.75) is 20.1 Å². The molecule has 0 aliphatic carbocycles. The van der Waals surface area contributed by atoms with Crippen LogP contribution in [0.3, 0.4) is 0 Å². The molecule has 1 aliphatic heterocycles. The van der Waals surface area contributed by atoms with Crippen LogP contribution in [0.5, 0.6) is 5.75 Å². The van der Waals surface area contributed by atoms with Crippen LogP contribution in [-0.4, -0.2) is 40.8 Å². The molecule has 0 radical (unpaired) electrons. The molecule has 8 heteroatoms. The van der Waals surface area contributed by atoms with Crippen LogP contribution in [-0.2, 0) is 16.1 Å². The van der Waals surface area contributed by atoms with Crippen molar-refractivity contribution < 1.29 is 27.9 Å². The van der Waals surface area contributed by atoms with Crippen LogP contribution in [0.15, 0.2) is 24.3 Å². The Hall–Kier alpha value is -2.51. The molecule has 1 aromatic rings. The molecule has 1 fully saturated rings. The monoisotopic (exact) mass is 298 g/mol. The number of amides is 4. The molecular formula is C13H12F2N2O4. The number of hydrogen-bond donors (Lipinski definition) is 0. The van der Waals surface area contributed by atoms with Gasteiger partial charge in [0.1, 0.15) is 5.75 Å². The average molecular weight is 298 g/mol. The molecule has 0 unspecified atom stereocenters. The number of carbonyl (C=O) groups excluding carboxylic acids is 3. The molecule has 1 aliphatic rings. The molecule has 0 bridgehead atoms. The van der Waals surface area contributed by atoms with Gasteiger partial charge in [0.2, 0.25) is 0 Å². The number of hydrogen-bond acceptors (Lipinski definition) is 4. The fourth-order valence-corrected chi connectivity index (χ4v) is 1.98. The van der Waals surface area contributed by atoms with E-state index in [4.69, 9.17) is 0 Å². The van der Waals surface area contributed by atoms with Gasteiger partial charge in [-0.15, -0.1) is 0 Å².